The Labute approximate surface area is 140 Å². The second-order valence-electron chi connectivity index (χ2n) is 5.51. The molecule has 0 radical (unpaired) electrons. The smallest absolute Gasteiger partial charge is 0.305 e. The summed E-state index contributed by atoms with van der Waals surface area (Å²) in [5.74, 6) is -0.128. The summed E-state index contributed by atoms with van der Waals surface area (Å²) in [6, 6.07) is 0. The van der Waals surface area contributed by atoms with Gasteiger partial charge in [-0.1, -0.05) is 62.6 Å². The van der Waals surface area contributed by atoms with Crippen LogP contribution >= 0.6 is 0 Å². The van der Waals surface area contributed by atoms with E-state index in [1.165, 1.54) is 7.11 Å². The number of allylic oxidation sites excluding steroid dienone is 4. The summed E-state index contributed by atoms with van der Waals surface area (Å²) in [7, 11) is 1.42. The molecule has 0 heterocycles. The van der Waals surface area contributed by atoms with Crippen molar-refractivity contribution in [2.45, 2.75) is 70.5 Å². The summed E-state index contributed by atoms with van der Waals surface area (Å²) in [6.45, 7) is 1.98. The van der Waals surface area contributed by atoms with Crippen molar-refractivity contribution in [2.75, 3.05) is 7.11 Å². The average Bonchev–Trinajstić information content (AvgIpc) is 2.56. The minimum Gasteiger partial charge on any atom is -0.469 e. The third-order valence-corrected chi connectivity index (χ3v) is 3.45. The molecule has 0 aromatic carbocycles. The number of hydrogen-bond acceptors (Lipinski definition) is 4. The van der Waals surface area contributed by atoms with Crippen molar-refractivity contribution in [2.24, 2.45) is 0 Å². The first-order valence-electron chi connectivity index (χ1n) is 8.54. The molecule has 4 heteroatoms. The molecule has 0 aliphatic heterocycles. The lowest BCUT2D eigenvalue weighted by Gasteiger charge is -2.09. The maximum atomic E-state index is 10.9. The monoisotopic (exact) mass is 324 g/mol. The Kier molecular flexibility index (Phi) is 14.6. The third-order valence-electron chi connectivity index (χ3n) is 3.45. The highest BCUT2D eigenvalue weighted by Gasteiger charge is 2.07. The number of esters is 1. The molecule has 0 aromatic rings. The molecule has 4 nitrogen and oxygen atoms in total. The zero-order chi connectivity index (χ0) is 17.3. The Balaban J connectivity index is 3.58. The molecule has 0 aromatic heterocycles. The number of methoxy groups -OCH3 is 1. The van der Waals surface area contributed by atoms with Gasteiger partial charge in [-0.15, -0.1) is 0 Å². The van der Waals surface area contributed by atoms with E-state index >= 15 is 0 Å². The van der Waals surface area contributed by atoms with E-state index in [9.17, 15) is 15.0 Å². The van der Waals surface area contributed by atoms with Crippen molar-refractivity contribution in [3.63, 3.8) is 0 Å². The van der Waals surface area contributed by atoms with Crippen LogP contribution in [0.1, 0.15) is 58.3 Å². The fraction of sp³-hybridized carbons (Fsp3) is 0.632. The Bertz CT molecular complexity index is 372. The predicted molar refractivity (Wildman–Crippen MR) is 94.1 cm³/mol. The quantitative estimate of drug-likeness (QED) is 0.235. The van der Waals surface area contributed by atoms with Crippen LogP contribution in [0.4, 0.5) is 0 Å². The van der Waals surface area contributed by atoms with Crippen LogP contribution in [0.5, 0.6) is 0 Å². The first-order chi connectivity index (χ1) is 11.1. The molecule has 132 valence electrons. The fourth-order valence-electron chi connectivity index (χ4n) is 2.02. The zero-order valence-corrected chi connectivity index (χ0v) is 14.5. The number of aliphatic hydroxyl groups excluding tert-OH is 2. The number of hydrogen-bond donors (Lipinski definition) is 2. The minimum atomic E-state index is -0.864. The van der Waals surface area contributed by atoms with Gasteiger partial charge in [0.15, 0.2) is 0 Å². The van der Waals surface area contributed by atoms with Gasteiger partial charge in [-0.3, -0.25) is 4.79 Å². The van der Waals surface area contributed by atoms with Crippen LogP contribution in [-0.2, 0) is 9.53 Å². The van der Waals surface area contributed by atoms with Crippen molar-refractivity contribution < 1.29 is 19.7 Å². The van der Waals surface area contributed by atoms with E-state index in [2.05, 4.69) is 10.8 Å². The van der Waals surface area contributed by atoms with Crippen LogP contribution in [0.25, 0.3) is 0 Å². The van der Waals surface area contributed by atoms with Crippen LogP contribution in [0.15, 0.2) is 36.5 Å². The molecule has 0 spiro atoms. The van der Waals surface area contributed by atoms with Crippen molar-refractivity contribution >= 4 is 5.97 Å². The van der Waals surface area contributed by atoms with E-state index in [1.807, 2.05) is 19.1 Å². The minimum absolute atomic E-state index is 0.128. The van der Waals surface area contributed by atoms with Gasteiger partial charge in [0.25, 0.3) is 0 Å². The van der Waals surface area contributed by atoms with E-state index in [-0.39, 0.29) is 5.97 Å². The molecule has 0 saturated carbocycles. The van der Waals surface area contributed by atoms with Gasteiger partial charge in [0, 0.05) is 6.42 Å². The Hall–Kier alpha value is -1.39. The predicted octanol–water partition coefficient (Wildman–Crippen LogP) is 3.69. The SMILES string of the molecule is CC/C=C/[C@H](O)[C@@H](O)/C=C/C=C/CCCCCCCC(=O)OC. The summed E-state index contributed by atoms with van der Waals surface area (Å²) in [4.78, 5) is 10.9. The van der Waals surface area contributed by atoms with E-state index in [0.717, 1.165) is 44.9 Å². The summed E-state index contributed by atoms with van der Waals surface area (Å²) in [5, 5.41) is 19.3. The van der Waals surface area contributed by atoms with Gasteiger partial charge in [0.05, 0.1) is 7.11 Å². The van der Waals surface area contributed by atoms with E-state index in [0.29, 0.717) is 6.42 Å². The fourth-order valence-corrected chi connectivity index (χ4v) is 2.02. The van der Waals surface area contributed by atoms with Crippen LogP contribution in [-0.4, -0.2) is 35.5 Å². The normalized spacial score (nSPS) is 14.8. The molecule has 0 aliphatic rings. The second kappa shape index (κ2) is 15.5. The number of ether oxygens (including phenoxy) is 1. The number of rotatable bonds is 13. The average molecular weight is 324 g/mol. The van der Waals surface area contributed by atoms with E-state index in [1.54, 1.807) is 18.2 Å². The molecule has 0 amide bonds. The van der Waals surface area contributed by atoms with E-state index in [4.69, 9.17) is 0 Å². The number of carbonyl (C=O) groups excluding carboxylic acids is 1. The highest BCUT2D eigenvalue weighted by atomic mass is 16.5. The highest BCUT2D eigenvalue weighted by molar-refractivity contribution is 5.68. The largest absolute Gasteiger partial charge is 0.469 e. The first-order valence-corrected chi connectivity index (χ1v) is 8.54. The molecular weight excluding hydrogens is 292 g/mol. The summed E-state index contributed by atoms with van der Waals surface area (Å²) in [5.41, 5.74) is 0. The van der Waals surface area contributed by atoms with Crippen LogP contribution in [0.2, 0.25) is 0 Å². The molecule has 0 fully saturated rings. The number of unbranched alkanes of at least 4 members (excludes halogenated alkanes) is 5. The molecule has 2 N–H and O–H groups in total. The number of aliphatic hydroxyl groups is 2. The third kappa shape index (κ3) is 14.0. The zero-order valence-electron chi connectivity index (χ0n) is 14.5. The standard InChI is InChI=1S/C19H32O4/c1-3-4-14-17(20)18(21)15-12-10-8-6-5-7-9-11-13-16-19(22)23-2/h4,8,10,12,14-15,17-18,20-21H,3,5-7,9,11,13,16H2,1-2H3/b10-8+,14-4+,15-12+/t17-,18-/m0/s1. The van der Waals surface area contributed by atoms with E-state index < -0.39 is 12.2 Å². The van der Waals surface area contributed by atoms with Crippen LogP contribution < -0.4 is 0 Å². The van der Waals surface area contributed by atoms with Gasteiger partial charge in [0.2, 0.25) is 0 Å². The van der Waals surface area contributed by atoms with Gasteiger partial charge in [-0.25, -0.2) is 0 Å². The molecule has 0 aliphatic carbocycles. The van der Waals surface area contributed by atoms with Gasteiger partial charge >= 0.3 is 5.97 Å². The van der Waals surface area contributed by atoms with Crippen molar-refractivity contribution in [3.05, 3.63) is 36.5 Å². The van der Waals surface area contributed by atoms with Gasteiger partial charge in [-0.05, 0) is 25.7 Å². The number of carbonyl (C=O) groups is 1. The lowest BCUT2D eigenvalue weighted by atomic mass is 10.1. The lowest BCUT2D eigenvalue weighted by molar-refractivity contribution is -0.140. The van der Waals surface area contributed by atoms with Gasteiger partial charge in [0.1, 0.15) is 12.2 Å². The van der Waals surface area contributed by atoms with Crippen molar-refractivity contribution in [1.29, 1.82) is 0 Å². The summed E-state index contributed by atoms with van der Waals surface area (Å²) in [6.07, 6.45) is 16.8. The molecule has 0 saturated heterocycles. The van der Waals surface area contributed by atoms with Crippen molar-refractivity contribution in [3.8, 4) is 0 Å². The Morgan fingerprint density at radius 1 is 0.957 bits per heavy atom. The maximum Gasteiger partial charge on any atom is 0.305 e. The van der Waals surface area contributed by atoms with Crippen molar-refractivity contribution in [1.82, 2.24) is 0 Å². The van der Waals surface area contributed by atoms with Crippen LogP contribution in [0, 0.1) is 0 Å². The highest BCUT2D eigenvalue weighted by Crippen LogP contribution is 2.08. The topological polar surface area (TPSA) is 66.8 Å². The molecule has 0 rings (SSSR count). The summed E-state index contributed by atoms with van der Waals surface area (Å²) >= 11 is 0. The molecular formula is C19H32O4. The molecule has 23 heavy (non-hydrogen) atoms. The van der Waals surface area contributed by atoms with Gasteiger partial charge in [-0.2, -0.15) is 0 Å². The maximum absolute atomic E-state index is 10.9. The Morgan fingerprint density at radius 3 is 2.30 bits per heavy atom. The molecule has 0 bridgehead atoms. The lowest BCUT2D eigenvalue weighted by Crippen LogP contribution is -2.20. The second-order valence-corrected chi connectivity index (χ2v) is 5.51. The molecule has 0 unspecified atom stereocenters. The summed E-state index contributed by atoms with van der Waals surface area (Å²) < 4.78 is 4.59. The first kappa shape index (κ1) is 21.6. The molecule has 2 atom stereocenters. The Morgan fingerprint density at radius 2 is 1.61 bits per heavy atom. The van der Waals surface area contributed by atoms with Gasteiger partial charge < -0.3 is 14.9 Å². The van der Waals surface area contributed by atoms with Crippen LogP contribution in [0.3, 0.4) is 0 Å².